The third-order valence-electron chi connectivity index (χ3n) is 3.59. The molecule has 5 heteroatoms. The first-order valence-corrected chi connectivity index (χ1v) is 7.24. The molecule has 0 atom stereocenters. The second-order valence-corrected chi connectivity index (χ2v) is 5.01. The quantitative estimate of drug-likeness (QED) is 0.889. The number of ether oxygens (including phenoxy) is 3. The molecule has 23 heavy (non-hydrogen) atoms. The highest BCUT2D eigenvalue weighted by atomic mass is 16.5. The van der Waals surface area contributed by atoms with Gasteiger partial charge in [-0.2, -0.15) is 0 Å². The van der Waals surface area contributed by atoms with Crippen LogP contribution in [0.15, 0.2) is 36.4 Å². The topological polar surface area (TPSA) is 56.8 Å². The van der Waals surface area contributed by atoms with E-state index < -0.39 is 0 Å². The SMILES string of the molecule is COc1ccccc1NC(=O)Cc1ccc(OC)c(C)c1OC. The van der Waals surface area contributed by atoms with E-state index in [9.17, 15) is 4.79 Å². The smallest absolute Gasteiger partial charge is 0.229 e. The van der Waals surface area contributed by atoms with E-state index in [0.29, 0.717) is 17.2 Å². The molecule has 0 unspecified atom stereocenters. The molecular formula is C18H21NO4. The predicted molar refractivity (Wildman–Crippen MR) is 89.6 cm³/mol. The van der Waals surface area contributed by atoms with Gasteiger partial charge in [-0.25, -0.2) is 0 Å². The van der Waals surface area contributed by atoms with Crippen LogP contribution in [0.1, 0.15) is 11.1 Å². The zero-order valence-electron chi connectivity index (χ0n) is 13.8. The van der Waals surface area contributed by atoms with Gasteiger partial charge in [0.25, 0.3) is 0 Å². The third-order valence-corrected chi connectivity index (χ3v) is 3.59. The Bertz CT molecular complexity index is 697. The highest BCUT2D eigenvalue weighted by Gasteiger charge is 2.15. The summed E-state index contributed by atoms with van der Waals surface area (Å²) in [6.07, 6.45) is 0.200. The fourth-order valence-electron chi connectivity index (χ4n) is 2.49. The summed E-state index contributed by atoms with van der Waals surface area (Å²) in [6, 6.07) is 11.0. The van der Waals surface area contributed by atoms with E-state index in [1.54, 1.807) is 33.5 Å². The molecule has 0 aliphatic rings. The fourth-order valence-corrected chi connectivity index (χ4v) is 2.49. The number of benzene rings is 2. The predicted octanol–water partition coefficient (Wildman–Crippen LogP) is 3.20. The molecule has 2 aromatic rings. The Labute approximate surface area is 136 Å². The van der Waals surface area contributed by atoms with E-state index in [1.165, 1.54) is 0 Å². The highest BCUT2D eigenvalue weighted by molar-refractivity contribution is 5.94. The molecule has 0 bridgehead atoms. The first-order valence-electron chi connectivity index (χ1n) is 7.24. The van der Waals surface area contributed by atoms with E-state index >= 15 is 0 Å². The van der Waals surface area contributed by atoms with Crippen LogP contribution in [0.25, 0.3) is 0 Å². The van der Waals surface area contributed by atoms with Crippen LogP contribution in [0.3, 0.4) is 0 Å². The van der Waals surface area contributed by atoms with Crippen LogP contribution in [0.4, 0.5) is 5.69 Å². The van der Waals surface area contributed by atoms with Crippen molar-refractivity contribution in [3.05, 3.63) is 47.5 Å². The Hall–Kier alpha value is -2.69. The average Bonchev–Trinajstić information content (AvgIpc) is 2.55. The molecule has 0 radical (unpaired) electrons. The number of nitrogens with one attached hydrogen (secondary N) is 1. The molecule has 0 saturated heterocycles. The Morgan fingerprint density at radius 1 is 0.957 bits per heavy atom. The van der Waals surface area contributed by atoms with Crippen molar-refractivity contribution in [3.63, 3.8) is 0 Å². The van der Waals surface area contributed by atoms with Crippen LogP contribution < -0.4 is 19.5 Å². The van der Waals surface area contributed by atoms with Gasteiger partial charge in [-0.3, -0.25) is 4.79 Å². The fraction of sp³-hybridized carbons (Fsp3) is 0.278. The van der Waals surface area contributed by atoms with Gasteiger partial charge in [0.2, 0.25) is 5.91 Å². The lowest BCUT2D eigenvalue weighted by Crippen LogP contribution is -2.15. The number of carbonyl (C=O) groups is 1. The molecule has 0 aromatic heterocycles. The number of methoxy groups -OCH3 is 3. The summed E-state index contributed by atoms with van der Waals surface area (Å²) in [4.78, 5) is 12.3. The van der Waals surface area contributed by atoms with Crippen molar-refractivity contribution in [1.29, 1.82) is 0 Å². The Balaban J connectivity index is 2.19. The summed E-state index contributed by atoms with van der Waals surface area (Å²) < 4.78 is 15.9. The number of hydrogen-bond donors (Lipinski definition) is 1. The van der Waals surface area contributed by atoms with Crippen LogP contribution in [-0.2, 0) is 11.2 Å². The van der Waals surface area contributed by atoms with Crippen LogP contribution >= 0.6 is 0 Å². The largest absolute Gasteiger partial charge is 0.496 e. The Kier molecular flexibility index (Phi) is 5.46. The molecule has 122 valence electrons. The number of anilines is 1. The van der Waals surface area contributed by atoms with Crippen molar-refractivity contribution in [3.8, 4) is 17.2 Å². The van der Waals surface area contributed by atoms with Crippen LogP contribution in [0.2, 0.25) is 0 Å². The number of carbonyl (C=O) groups excluding carboxylic acids is 1. The molecule has 0 aliphatic heterocycles. The van der Waals surface area contributed by atoms with Gasteiger partial charge < -0.3 is 19.5 Å². The monoisotopic (exact) mass is 315 g/mol. The lowest BCUT2D eigenvalue weighted by atomic mass is 10.1. The molecule has 1 amide bonds. The molecular weight excluding hydrogens is 294 g/mol. The Morgan fingerprint density at radius 3 is 2.30 bits per heavy atom. The van der Waals surface area contributed by atoms with E-state index in [1.807, 2.05) is 31.2 Å². The molecule has 0 spiro atoms. The maximum Gasteiger partial charge on any atom is 0.229 e. The van der Waals surface area contributed by atoms with Crippen molar-refractivity contribution in [2.45, 2.75) is 13.3 Å². The van der Waals surface area contributed by atoms with Crippen molar-refractivity contribution >= 4 is 11.6 Å². The van der Waals surface area contributed by atoms with E-state index in [2.05, 4.69) is 5.32 Å². The summed E-state index contributed by atoms with van der Waals surface area (Å²) in [5, 5.41) is 2.86. The summed E-state index contributed by atoms with van der Waals surface area (Å²) >= 11 is 0. The summed E-state index contributed by atoms with van der Waals surface area (Å²) in [7, 11) is 4.76. The molecule has 2 rings (SSSR count). The normalized spacial score (nSPS) is 10.1. The zero-order valence-corrected chi connectivity index (χ0v) is 13.8. The number of hydrogen-bond acceptors (Lipinski definition) is 4. The molecule has 0 saturated carbocycles. The number of amides is 1. The minimum Gasteiger partial charge on any atom is -0.496 e. The Morgan fingerprint density at radius 2 is 1.65 bits per heavy atom. The zero-order chi connectivity index (χ0) is 16.8. The molecule has 1 N–H and O–H groups in total. The van der Waals surface area contributed by atoms with Gasteiger partial charge in [-0.1, -0.05) is 18.2 Å². The molecule has 2 aromatic carbocycles. The third kappa shape index (κ3) is 3.74. The second kappa shape index (κ2) is 7.54. The van der Waals surface area contributed by atoms with Gasteiger partial charge >= 0.3 is 0 Å². The van der Waals surface area contributed by atoms with Crippen LogP contribution in [0, 0.1) is 6.92 Å². The number of para-hydroxylation sites is 2. The van der Waals surface area contributed by atoms with Gasteiger partial charge in [-0.05, 0) is 25.1 Å². The van der Waals surface area contributed by atoms with Gasteiger partial charge in [0, 0.05) is 11.1 Å². The van der Waals surface area contributed by atoms with E-state index in [-0.39, 0.29) is 12.3 Å². The van der Waals surface area contributed by atoms with Crippen molar-refractivity contribution < 1.29 is 19.0 Å². The molecule has 5 nitrogen and oxygen atoms in total. The van der Waals surface area contributed by atoms with Crippen molar-refractivity contribution in [2.75, 3.05) is 26.6 Å². The lowest BCUT2D eigenvalue weighted by Gasteiger charge is -2.15. The van der Waals surface area contributed by atoms with Crippen LogP contribution in [0.5, 0.6) is 17.2 Å². The van der Waals surface area contributed by atoms with Crippen molar-refractivity contribution in [2.24, 2.45) is 0 Å². The van der Waals surface area contributed by atoms with Gasteiger partial charge in [0.1, 0.15) is 17.2 Å². The lowest BCUT2D eigenvalue weighted by molar-refractivity contribution is -0.115. The van der Waals surface area contributed by atoms with E-state index in [4.69, 9.17) is 14.2 Å². The van der Waals surface area contributed by atoms with Gasteiger partial charge in [0.05, 0.1) is 33.4 Å². The maximum absolute atomic E-state index is 12.3. The molecule has 0 heterocycles. The minimum absolute atomic E-state index is 0.141. The number of rotatable bonds is 6. The molecule has 0 fully saturated rings. The van der Waals surface area contributed by atoms with Gasteiger partial charge in [0.15, 0.2) is 0 Å². The standard InChI is InChI=1S/C18H21NO4/c1-12-15(21-2)10-9-13(18(12)23-4)11-17(20)19-14-7-5-6-8-16(14)22-3/h5-10H,11H2,1-4H3,(H,19,20). The van der Waals surface area contributed by atoms with Gasteiger partial charge in [-0.15, -0.1) is 0 Å². The first-order chi connectivity index (χ1) is 11.1. The van der Waals surface area contributed by atoms with Crippen molar-refractivity contribution in [1.82, 2.24) is 0 Å². The summed E-state index contributed by atoms with van der Waals surface area (Å²) in [6.45, 7) is 1.90. The first kappa shape index (κ1) is 16.7. The minimum atomic E-state index is -0.141. The maximum atomic E-state index is 12.3. The summed E-state index contributed by atoms with van der Waals surface area (Å²) in [5.74, 6) is 1.88. The summed E-state index contributed by atoms with van der Waals surface area (Å²) in [5.41, 5.74) is 2.32. The van der Waals surface area contributed by atoms with Crippen LogP contribution in [-0.4, -0.2) is 27.2 Å². The molecule has 0 aliphatic carbocycles. The van der Waals surface area contributed by atoms with E-state index in [0.717, 1.165) is 16.9 Å². The highest BCUT2D eigenvalue weighted by Crippen LogP contribution is 2.32. The second-order valence-electron chi connectivity index (χ2n) is 5.01. The average molecular weight is 315 g/mol.